The van der Waals surface area contributed by atoms with Crippen molar-refractivity contribution in [1.29, 1.82) is 0 Å². The highest BCUT2D eigenvalue weighted by Gasteiger charge is 2.33. The Bertz CT molecular complexity index is 354. The lowest BCUT2D eigenvalue weighted by Crippen LogP contribution is -2.37. The zero-order valence-electron chi connectivity index (χ0n) is 7.97. The van der Waals surface area contributed by atoms with E-state index in [-0.39, 0.29) is 5.56 Å². The van der Waals surface area contributed by atoms with E-state index in [1.165, 1.54) is 19.9 Å². The number of benzene rings is 1. The van der Waals surface area contributed by atoms with Crippen LogP contribution in [-0.4, -0.2) is 5.91 Å². The van der Waals surface area contributed by atoms with Gasteiger partial charge in [-0.3, -0.25) is 4.79 Å². The number of nitrogens with two attached hydrogens (primary N) is 1. The lowest BCUT2D eigenvalue weighted by atomic mass is 9.83. The van der Waals surface area contributed by atoms with Gasteiger partial charge < -0.3 is 5.73 Å². The highest BCUT2D eigenvalue weighted by molar-refractivity contribution is 5.85. The van der Waals surface area contributed by atoms with Crippen molar-refractivity contribution in [1.82, 2.24) is 0 Å². The van der Waals surface area contributed by atoms with E-state index < -0.39 is 23.0 Å². The second kappa shape index (κ2) is 3.36. The standard InChI is InChI=1S/C10H11F2NO/c1-10(2,9(13)14)8-6(11)4-3-5-7(8)12/h3-5H,1-2H3,(H2,13,14). The largest absolute Gasteiger partial charge is 0.369 e. The van der Waals surface area contributed by atoms with Crippen molar-refractivity contribution < 1.29 is 13.6 Å². The summed E-state index contributed by atoms with van der Waals surface area (Å²) in [5, 5.41) is 0. The molecule has 0 aliphatic rings. The second-order valence-electron chi connectivity index (χ2n) is 3.59. The number of halogens is 2. The molecular weight excluding hydrogens is 188 g/mol. The van der Waals surface area contributed by atoms with Gasteiger partial charge in [0.1, 0.15) is 11.6 Å². The molecule has 0 atom stereocenters. The van der Waals surface area contributed by atoms with Crippen molar-refractivity contribution in [3.63, 3.8) is 0 Å². The Labute approximate surface area is 80.7 Å². The maximum Gasteiger partial charge on any atom is 0.227 e. The Morgan fingerprint density at radius 2 is 1.71 bits per heavy atom. The third-order valence-electron chi connectivity index (χ3n) is 2.20. The lowest BCUT2D eigenvalue weighted by Gasteiger charge is -2.21. The van der Waals surface area contributed by atoms with Crippen molar-refractivity contribution in [2.75, 3.05) is 0 Å². The smallest absolute Gasteiger partial charge is 0.227 e. The highest BCUT2D eigenvalue weighted by atomic mass is 19.1. The van der Waals surface area contributed by atoms with Gasteiger partial charge in [0.25, 0.3) is 0 Å². The van der Waals surface area contributed by atoms with Crippen LogP contribution < -0.4 is 5.73 Å². The molecule has 76 valence electrons. The van der Waals surface area contributed by atoms with Gasteiger partial charge in [-0.05, 0) is 26.0 Å². The average Bonchev–Trinajstić information content (AvgIpc) is 2.02. The van der Waals surface area contributed by atoms with E-state index >= 15 is 0 Å². The minimum Gasteiger partial charge on any atom is -0.369 e. The first-order valence-electron chi connectivity index (χ1n) is 4.11. The van der Waals surface area contributed by atoms with Gasteiger partial charge in [0.15, 0.2) is 0 Å². The second-order valence-corrected chi connectivity index (χ2v) is 3.59. The van der Waals surface area contributed by atoms with E-state index in [0.717, 1.165) is 12.1 Å². The minimum atomic E-state index is -1.34. The Morgan fingerprint density at radius 3 is 2.07 bits per heavy atom. The first-order valence-corrected chi connectivity index (χ1v) is 4.11. The number of rotatable bonds is 2. The summed E-state index contributed by atoms with van der Waals surface area (Å²) >= 11 is 0. The Balaban J connectivity index is 3.38. The minimum absolute atomic E-state index is 0.285. The van der Waals surface area contributed by atoms with Crippen LogP contribution in [0.25, 0.3) is 0 Å². The van der Waals surface area contributed by atoms with Crippen LogP contribution in [0.2, 0.25) is 0 Å². The van der Waals surface area contributed by atoms with Crippen LogP contribution in [0.3, 0.4) is 0 Å². The SMILES string of the molecule is CC(C)(C(N)=O)c1c(F)cccc1F. The van der Waals surface area contributed by atoms with Gasteiger partial charge in [0.2, 0.25) is 5.91 Å². The zero-order valence-corrected chi connectivity index (χ0v) is 7.97. The molecule has 0 radical (unpaired) electrons. The highest BCUT2D eigenvalue weighted by Crippen LogP contribution is 2.27. The number of hydrogen-bond acceptors (Lipinski definition) is 1. The normalized spacial score (nSPS) is 11.4. The van der Waals surface area contributed by atoms with Gasteiger partial charge in [0.05, 0.1) is 5.41 Å². The van der Waals surface area contributed by atoms with E-state index in [1.54, 1.807) is 0 Å². The van der Waals surface area contributed by atoms with Crippen LogP contribution in [0.4, 0.5) is 8.78 Å². The van der Waals surface area contributed by atoms with Crippen LogP contribution >= 0.6 is 0 Å². The fourth-order valence-corrected chi connectivity index (χ4v) is 1.22. The van der Waals surface area contributed by atoms with Gasteiger partial charge in [-0.1, -0.05) is 6.07 Å². The van der Waals surface area contributed by atoms with Crippen molar-refractivity contribution in [2.45, 2.75) is 19.3 Å². The van der Waals surface area contributed by atoms with E-state index in [0.29, 0.717) is 0 Å². The molecule has 1 amide bonds. The van der Waals surface area contributed by atoms with Crippen molar-refractivity contribution >= 4 is 5.91 Å². The van der Waals surface area contributed by atoms with Crippen LogP contribution in [0, 0.1) is 11.6 Å². The third-order valence-corrected chi connectivity index (χ3v) is 2.20. The first kappa shape index (κ1) is 10.6. The predicted molar refractivity (Wildman–Crippen MR) is 48.6 cm³/mol. The molecule has 1 rings (SSSR count). The molecule has 0 saturated carbocycles. The Hall–Kier alpha value is -1.45. The fraction of sp³-hybridized carbons (Fsp3) is 0.300. The van der Waals surface area contributed by atoms with E-state index in [9.17, 15) is 13.6 Å². The Kier molecular flexibility index (Phi) is 2.55. The summed E-state index contributed by atoms with van der Waals surface area (Å²) in [4.78, 5) is 11.0. The number of carbonyl (C=O) groups excluding carboxylic acids is 1. The molecule has 2 nitrogen and oxygen atoms in total. The molecule has 1 aromatic rings. The average molecular weight is 199 g/mol. The van der Waals surface area contributed by atoms with Crippen LogP contribution in [-0.2, 0) is 10.2 Å². The molecule has 0 aromatic heterocycles. The van der Waals surface area contributed by atoms with Crippen LogP contribution in [0.5, 0.6) is 0 Å². The first-order chi connectivity index (χ1) is 6.37. The van der Waals surface area contributed by atoms with E-state index in [4.69, 9.17) is 5.73 Å². The van der Waals surface area contributed by atoms with Crippen molar-refractivity contribution in [3.05, 3.63) is 35.4 Å². The van der Waals surface area contributed by atoms with Gasteiger partial charge >= 0.3 is 0 Å². The number of hydrogen-bond donors (Lipinski definition) is 1. The summed E-state index contributed by atoms with van der Waals surface area (Å²) in [6.45, 7) is 2.77. The van der Waals surface area contributed by atoms with Crippen LogP contribution in [0.15, 0.2) is 18.2 Å². The number of primary amides is 1. The fourth-order valence-electron chi connectivity index (χ4n) is 1.22. The molecule has 0 aliphatic carbocycles. The third kappa shape index (κ3) is 1.60. The summed E-state index contributed by atoms with van der Waals surface area (Å²) in [5.74, 6) is -2.27. The Morgan fingerprint density at radius 1 is 1.29 bits per heavy atom. The topological polar surface area (TPSA) is 43.1 Å². The lowest BCUT2D eigenvalue weighted by molar-refractivity contribution is -0.122. The summed E-state index contributed by atoms with van der Waals surface area (Å²) < 4.78 is 26.5. The molecule has 0 heterocycles. The molecule has 0 unspecified atom stereocenters. The van der Waals surface area contributed by atoms with Crippen molar-refractivity contribution in [3.8, 4) is 0 Å². The molecule has 0 fully saturated rings. The molecule has 14 heavy (non-hydrogen) atoms. The van der Waals surface area contributed by atoms with Gasteiger partial charge in [-0.2, -0.15) is 0 Å². The molecule has 0 spiro atoms. The van der Waals surface area contributed by atoms with Gasteiger partial charge in [-0.25, -0.2) is 8.78 Å². The summed E-state index contributed by atoms with van der Waals surface area (Å²) in [6.07, 6.45) is 0. The number of carbonyl (C=O) groups is 1. The summed E-state index contributed by atoms with van der Waals surface area (Å²) in [5.41, 5.74) is 3.45. The predicted octanol–water partition coefficient (Wildman–Crippen LogP) is 1.73. The van der Waals surface area contributed by atoms with Gasteiger partial charge in [-0.15, -0.1) is 0 Å². The van der Waals surface area contributed by atoms with Crippen LogP contribution in [0.1, 0.15) is 19.4 Å². The molecule has 1 aromatic carbocycles. The molecule has 4 heteroatoms. The molecule has 0 bridgehead atoms. The summed E-state index contributed by atoms with van der Waals surface area (Å²) in [6, 6.07) is 3.44. The van der Waals surface area contributed by atoms with E-state index in [1.807, 2.05) is 0 Å². The molecule has 2 N–H and O–H groups in total. The monoisotopic (exact) mass is 199 g/mol. The van der Waals surface area contributed by atoms with Crippen molar-refractivity contribution in [2.24, 2.45) is 5.73 Å². The maximum atomic E-state index is 13.3. The van der Waals surface area contributed by atoms with Gasteiger partial charge in [0, 0.05) is 5.56 Å². The molecule has 0 aliphatic heterocycles. The maximum absolute atomic E-state index is 13.3. The molecular formula is C10H11F2NO. The quantitative estimate of drug-likeness (QED) is 0.774. The molecule has 0 saturated heterocycles. The zero-order chi connectivity index (χ0) is 10.9. The summed E-state index contributed by atoms with van der Waals surface area (Å²) in [7, 11) is 0. The number of amides is 1. The van der Waals surface area contributed by atoms with E-state index in [2.05, 4.69) is 0 Å².